The Morgan fingerprint density at radius 2 is 1.57 bits per heavy atom. The van der Waals surface area contributed by atoms with E-state index in [0.717, 1.165) is 16.6 Å². The maximum absolute atomic E-state index is 13.0. The molecule has 0 saturated carbocycles. The molecule has 35 heavy (non-hydrogen) atoms. The Balaban J connectivity index is 1.33. The monoisotopic (exact) mass is 482 g/mol. The molecule has 7 nitrogen and oxygen atoms in total. The number of imidazole rings is 1. The number of para-hydroxylation sites is 3. The predicted molar refractivity (Wildman–Crippen MR) is 138 cm³/mol. The number of H-pyrrole nitrogens is 1. The molecule has 0 spiro atoms. The highest BCUT2D eigenvalue weighted by atomic mass is 32.2. The van der Waals surface area contributed by atoms with E-state index in [1.165, 1.54) is 35.6 Å². The SMILES string of the molecule is CN(c1ccccc1)S(=O)(=O)c1ccc(C(=O)Nc2cccc(-c3nc4ccccc4[nH]3)c2)cc1. The molecule has 1 heterocycles. The Morgan fingerprint density at radius 1 is 0.857 bits per heavy atom. The number of carbonyl (C=O) groups is 1. The van der Waals surface area contributed by atoms with Crippen LogP contribution in [-0.4, -0.2) is 31.3 Å². The van der Waals surface area contributed by atoms with Crippen LogP contribution in [-0.2, 0) is 10.0 Å². The van der Waals surface area contributed by atoms with Gasteiger partial charge in [-0.3, -0.25) is 9.10 Å². The van der Waals surface area contributed by atoms with Gasteiger partial charge in [-0.1, -0.05) is 42.5 Å². The molecule has 174 valence electrons. The number of hydrogen-bond acceptors (Lipinski definition) is 4. The maximum atomic E-state index is 13.0. The van der Waals surface area contributed by atoms with Gasteiger partial charge in [-0.05, 0) is 60.7 Å². The van der Waals surface area contributed by atoms with Crippen molar-refractivity contribution < 1.29 is 13.2 Å². The Labute approximate surface area is 203 Å². The van der Waals surface area contributed by atoms with Crippen LogP contribution in [0, 0.1) is 0 Å². The van der Waals surface area contributed by atoms with Crippen molar-refractivity contribution in [1.29, 1.82) is 0 Å². The molecular formula is C27H22N4O3S. The number of nitrogens with one attached hydrogen (secondary N) is 2. The standard InChI is InChI=1S/C27H22N4O3S/c1-31(22-10-3-2-4-11-22)35(33,34)23-16-14-19(15-17-23)27(32)28-21-9-7-8-20(18-21)26-29-24-12-5-6-13-25(24)30-26/h2-18H,1H3,(H,28,32)(H,29,30). The number of sulfonamides is 1. The number of benzene rings is 4. The molecular weight excluding hydrogens is 460 g/mol. The average molecular weight is 483 g/mol. The number of aromatic nitrogens is 2. The third-order valence-electron chi connectivity index (χ3n) is 5.68. The van der Waals surface area contributed by atoms with Gasteiger partial charge >= 0.3 is 0 Å². The van der Waals surface area contributed by atoms with Crippen molar-refractivity contribution >= 4 is 38.3 Å². The Morgan fingerprint density at radius 3 is 2.31 bits per heavy atom. The molecule has 5 aromatic rings. The van der Waals surface area contributed by atoms with Crippen LogP contribution in [0.1, 0.15) is 10.4 Å². The zero-order valence-corrected chi connectivity index (χ0v) is 19.7. The van der Waals surface area contributed by atoms with E-state index in [1.807, 2.05) is 48.5 Å². The molecule has 2 N–H and O–H groups in total. The van der Waals surface area contributed by atoms with Crippen LogP contribution in [0.5, 0.6) is 0 Å². The van der Waals surface area contributed by atoms with Gasteiger partial charge in [0.1, 0.15) is 5.82 Å². The first-order valence-corrected chi connectivity index (χ1v) is 12.4. The van der Waals surface area contributed by atoms with Gasteiger partial charge in [-0.15, -0.1) is 0 Å². The Hall–Kier alpha value is -4.43. The summed E-state index contributed by atoms with van der Waals surface area (Å²) in [6.07, 6.45) is 0. The van der Waals surface area contributed by atoms with Crippen molar-refractivity contribution in [2.24, 2.45) is 0 Å². The Kier molecular flexibility index (Phi) is 5.80. The molecule has 0 unspecified atom stereocenters. The molecule has 4 aromatic carbocycles. The molecule has 1 amide bonds. The number of carbonyl (C=O) groups excluding carboxylic acids is 1. The van der Waals surface area contributed by atoms with Crippen LogP contribution in [0.3, 0.4) is 0 Å². The molecule has 0 radical (unpaired) electrons. The van der Waals surface area contributed by atoms with E-state index in [0.29, 0.717) is 22.8 Å². The van der Waals surface area contributed by atoms with Crippen molar-refractivity contribution in [3.05, 3.63) is 109 Å². The lowest BCUT2D eigenvalue weighted by atomic mass is 10.1. The van der Waals surface area contributed by atoms with Crippen molar-refractivity contribution in [3.8, 4) is 11.4 Å². The van der Waals surface area contributed by atoms with E-state index < -0.39 is 10.0 Å². The largest absolute Gasteiger partial charge is 0.338 e. The summed E-state index contributed by atoms with van der Waals surface area (Å²) >= 11 is 0. The third-order valence-corrected chi connectivity index (χ3v) is 7.48. The third kappa shape index (κ3) is 4.51. The quantitative estimate of drug-likeness (QED) is 0.343. The zero-order valence-electron chi connectivity index (χ0n) is 18.8. The summed E-state index contributed by atoms with van der Waals surface area (Å²) in [6.45, 7) is 0. The van der Waals surface area contributed by atoms with Crippen LogP contribution in [0.15, 0.2) is 108 Å². The second-order valence-corrected chi connectivity index (χ2v) is 9.94. The van der Waals surface area contributed by atoms with E-state index in [9.17, 15) is 13.2 Å². The summed E-state index contributed by atoms with van der Waals surface area (Å²) in [6, 6.07) is 29.8. The molecule has 0 atom stereocenters. The average Bonchev–Trinajstić information content (AvgIpc) is 3.33. The van der Waals surface area contributed by atoms with Crippen LogP contribution in [0.2, 0.25) is 0 Å². The molecule has 0 bridgehead atoms. The molecule has 0 aliphatic rings. The van der Waals surface area contributed by atoms with Crippen LogP contribution in [0.4, 0.5) is 11.4 Å². The van der Waals surface area contributed by atoms with E-state index in [-0.39, 0.29) is 10.8 Å². The van der Waals surface area contributed by atoms with Crippen LogP contribution >= 0.6 is 0 Å². The number of nitrogens with zero attached hydrogens (tertiary/aromatic N) is 2. The lowest BCUT2D eigenvalue weighted by Gasteiger charge is -2.19. The van der Waals surface area contributed by atoms with Gasteiger partial charge in [-0.2, -0.15) is 0 Å². The number of hydrogen-bond donors (Lipinski definition) is 2. The van der Waals surface area contributed by atoms with Gasteiger partial charge < -0.3 is 10.3 Å². The smallest absolute Gasteiger partial charge is 0.264 e. The normalized spacial score (nSPS) is 11.3. The minimum atomic E-state index is -3.75. The predicted octanol–water partition coefficient (Wildman–Crippen LogP) is 5.31. The summed E-state index contributed by atoms with van der Waals surface area (Å²) in [7, 11) is -2.25. The molecule has 8 heteroatoms. The van der Waals surface area contributed by atoms with E-state index in [1.54, 1.807) is 30.3 Å². The van der Waals surface area contributed by atoms with Crippen LogP contribution < -0.4 is 9.62 Å². The zero-order chi connectivity index (χ0) is 24.4. The fourth-order valence-electron chi connectivity index (χ4n) is 3.75. The van der Waals surface area contributed by atoms with Gasteiger partial charge in [0.2, 0.25) is 0 Å². The summed E-state index contributed by atoms with van der Waals surface area (Å²) in [5.74, 6) is 0.367. The second-order valence-electron chi connectivity index (χ2n) is 7.97. The highest BCUT2D eigenvalue weighted by molar-refractivity contribution is 7.92. The van der Waals surface area contributed by atoms with Gasteiger partial charge in [0.25, 0.3) is 15.9 Å². The fraction of sp³-hybridized carbons (Fsp3) is 0.0370. The van der Waals surface area contributed by atoms with Gasteiger partial charge in [0.05, 0.1) is 21.6 Å². The molecule has 0 saturated heterocycles. The van der Waals surface area contributed by atoms with Gasteiger partial charge in [0.15, 0.2) is 0 Å². The fourth-order valence-corrected chi connectivity index (χ4v) is 4.95. The lowest BCUT2D eigenvalue weighted by Crippen LogP contribution is -2.26. The molecule has 0 aliphatic carbocycles. The van der Waals surface area contributed by atoms with Crippen molar-refractivity contribution in [2.45, 2.75) is 4.90 Å². The Bertz CT molecular complexity index is 1580. The van der Waals surface area contributed by atoms with Crippen molar-refractivity contribution in [3.63, 3.8) is 0 Å². The summed E-state index contributed by atoms with van der Waals surface area (Å²) < 4.78 is 27.1. The molecule has 0 aliphatic heterocycles. The maximum Gasteiger partial charge on any atom is 0.264 e. The van der Waals surface area contributed by atoms with Gasteiger partial charge in [-0.25, -0.2) is 13.4 Å². The first-order valence-electron chi connectivity index (χ1n) is 10.9. The first-order chi connectivity index (χ1) is 16.9. The highest BCUT2D eigenvalue weighted by Crippen LogP contribution is 2.24. The van der Waals surface area contributed by atoms with E-state index in [2.05, 4.69) is 15.3 Å². The summed E-state index contributed by atoms with van der Waals surface area (Å²) in [5.41, 5.74) is 4.15. The number of amides is 1. The number of aromatic amines is 1. The first kappa shape index (κ1) is 22.4. The topological polar surface area (TPSA) is 95.2 Å². The van der Waals surface area contributed by atoms with Crippen molar-refractivity contribution in [1.82, 2.24) is 9.97 Å². The molecule has 0 fully saturated rings. The number of rotatable bonds is 6. The highest BCUT2D eigenvalue weighted by Gasteiger charge is 2.21. The van der Waals surface area contributed by atoms with E-state index in [4.69, 9.17) is 0 Å². The number of anilines is 2. The summed E-state index contributed by atoms with van der Waals surface area (Å²) in [4.78, 5) is 20.8. The minimum absolute atomic E-state index is 0.104. The van der Waals surface area contributed by atoms with Gasteiger partial charge in [0, 0.05) is 23.9 Å². The number of fused-ring (bicyclic) bond motifs is 1. The molecule has 5 rings (SSSR count). The summed E-state index contributed by atoms with van der Waals surface area (Å²) in [5, 5.41) is 2.87. The van der Waals surface area contributed by atoms with Crippen molar-refractivity contribution in [2.75, 3.05) is 16.7 Å². The second kappa shape index (κ2) is 9.08. The van der Waals surface area contributed by atoms with E-state index >= 15 is 0 Å². The molecule has 1 aromatic heterocycles. The lowest BCUT2D eigenvalue weighted by molar-refractivity contribution is 0.102. The van der Waals surface area contributed by atoms with Crippen LogP contribution in [0.25, 0.3) is 22.4 Å². The minimum Gasteiger partial charge on any atom is -0.338 e.